The lowest BCUT2D eigenvalue weighted by atomic mass is 10.1. The van der Waals surface area contributed by atoms with Gasteiger partial charge in [0.25, 0.3) is 11.8 Å². The molecule has 2 aliphatic heterocycles. The summed E-state index contributed by atoms with van der Waals surface area (Å²) in [5.41, 5.74) is 2.29. The quantitative estimate of drug-likeness (QED) is 0.269. The second-order valence-corrected chi connectivity index (χ2v) is 9.27. The Morgan fingerprint density at radius 3 is 2.24 bits per heavy atom. The maximum Gasteiger partial charge on any atom is 0.267 e. The van der Waals surface area contributed by atoms with E-state index in [1.807, 2.05) is 29.2 Å². The van der Waals surface area contributed by atoms with Gasteiger partial charge in [-0.05, 0) is 18.9 Å². The Hall–Kier alpha value is -1.66. The molecule has 0 unspecified atom stereocenters. The number of thiocarbonyl (C=S) groups is 1. The van der Waals surface area contributed by atoms with Crippen molar-refractivity contribution >= 4 is 51.4 Å². The van der Waals surface area contributed by atoms with Crippen LogP contribution in [0.4, 0.5) is 5.69 Å². The van der Waals surface area contributed by atoms with E-state index < -0.39 is 0 Å². The first kappa shape index (κ1) is 22.0. The van der Waals surface area contributed by atoms with Crippen LogP contribution in [0.3, 0.4) is 0 Å². The lowest BCUT2D eigenvalue weighted by Gasteiger charge is -2.16. The Balaban J connectivity index is 1.77. The fourth-order valence-electron chi connectivity index (χ4n) is 3.83. The maximum atomic E-state index is 13.2. The topological polar surface area (TPSA) is 40.6 Å². The molecule has 2 aliphatic rings. The van der Waals surface area contributed by atoms with Crippen LogP contribution in [0.1, 0.15) is 70.8 Å². The molecule has 1 fully saturated rings. The van der Waals surface area contributed by atoms with Gasteiger partial charge in [0.1, 0.15) is 4.32 Å². The number of nitrogens with zero attached hydrogens (tertiary/aromatic N) is 2. The number of carbonyl (C=O) groups is 2. The number of amides is 2. The summed E-state index contributed by atoms with van der Waals surface area (Å²) in [4.78, 5) is 30.3. The highest BCUT2D eigenvalue weighted by molar-refractivity contribution is 8.26. The van der Waals surface area contributed by atoms with Gasteiger partial charge in [-0.1, -0.05) is 94.6 Å². The summed E-state index contributed by atoms with van der Waals surface area (Å²) < 4.78 is 0.573. The minimum Gasteiger partial charge on any atom is -0.308 e. The Morgan fingerprint density at radius 2 is 1.48 bits per heavy atom. The monoisotopic (exact) mass is 430 g/mol. The van der Waals surface area contributed by atoms with Gasteiger partial charge < -0.3 is 4.90 Å². The predicted octanol–water partition coefficient (Wildman–Crippen LogP) is 5.77. The molecule has 0 aliphatic carbocycles. The van der Waals surface area contributed by atoms with E-state index in [9.17, 15) is 9.59 Å². The van der Waals surface area contributed by atoms with Crippen molar-refractivity contribution in [3.63, 3.8) is 0 Å². The smallest absolute Gasteiger partial charge is 0.267 e. The highest BCUT2D eigenvalue weighted by Gasteiger charge is 2.41. The average molecular weight is 431 g/mol. The molecule has 2 heterocycles. The standard InChI is InChI=1S/C23H30N2O2S2/c1-3-5-7-8-9-12-16-25-22(27)20(29-23(25)28)19-17-13-10-11-14-18(17)24(21(19)26)15-6-4-2/h10-11,13-14H,3-9,12,15-16H2,1-2H3. The van der Waals surface area contributed by atoms with Crippen LogP contribution in [-0.4, -0.2) is 34.1 Å². The molecular formula is C23H30N2O2S2. The van der Waals surface area contributed by atoms with Crippen molar-refractivity contribution in [3.8, 4) is 0 Å². The van der Waals surface area contributed by atoms with E-state index in [0.29, 0.717) is 27.9 Å². The number of hydrogen-bond donors (Lipinski definition) is 0. The van der Waals surface area contributed by atoms with Gasteiger partial charge in [-0.2, -0.15) is 0 Å². The Kier molecular flexibility index (Phi) is 7.90. The van der Waals surface area contributed by atoms with Crippen LogP contribution in [0.5, 0.6) is 0 Å². The third kappa shape index (κ3) is 4.75. The second-order valence-electron chi connectivity index (χ2n) is 7.62. The van der Waals surface area contributed by atoms with Crippen LogP contribution in [0.2, 0.25) is 0 Å². The molecule has 29 heavy (non-hydrogen) atoms. The molecule has 1 aromatic rings. The van der Waals surface area contributed by atoms with Gasteiger partial charge in [-0.3, -0.25) is 14.5 Å². The zero-order valence-corrected chi connectivity index (χ0v) is 19.0. The summed E-state index contributed by atoms with van der Waals surface area (Å²) in [5, 5.41) is 0. The maximum absolute atomic E-state index is 13.2. The van der Waals surface area contributed by atoms with Crippen molar-refractivity contribution in [3.05, 3.63) is 34.7 Å². The zero-order chi connectivity index (χ0) is 20.8. The molecule has 2 amide bonds. The van der Waals surface area contributed by atoms with E-state index in [0.717, 1.165) is 36.9 Å². The third-order valence-electron chi connectivity index (χ3n) is 5.47. The van der Waals surface area contributed by atoms with Crippen LogP contribution in [0, 0.1) is 0 Å². The fraction of sp³-hybridized carbons (Fsp3) is 0.522. The number of anilines is 1. The SMILES string of the molecule is CCCCCCCCN1C(=O)C(=C2C(=O)N(CCCC)c3ccccc32)SC1=S. The molecule has 0 saturated carbocycles. The summed E-state index contributed by atoms with van der Waals surface area (Å²) in [6.07, 6.45) is 8.95. The Labute approximate surface area is 183 Å². The zero-order valence-electron chi connectivity index (χ0n) is 17.4. The van der Waals surface area contributed by atoms with Gasteiger partial charge in [0.2, 0.25) is 0 Å². The number of unbranched alkanes of at least 4 members (excludes halogenated alkanes) is 6. The van der Waals surface area contributed by atoms with Crippen molar-refractivity contribution < 1.29 is 9.59 Å². The lowest BCUT2D eigenvalue weighted by molar-refractivity contribution is -0.122. The van der Waals surface area contributed by atoms with Crippen molar-refractivity contribution in [2.24, 2.45) is 0 Å². The molecule has 0 spiro atoms. The first-order valence-corrected chi connectivity index (χ1v) is 12.0. The number of fused-ring (bicyclic) bond motifs is 1. The normalized spacial score (nSPS) is 18.9. The van der Waals surface area contributed by atoms with Crippen LogP contribution in [0.15, 0.2) is 29.2 Å². The molecule has 3 rings (SSSR count). The van der Waals surface area contributed by atoms with Crippen molar-refractivity contribution in [2.75, 3.05) is 18.0 Å². The first-order valence-electron chi connectivity index (χ1n) is 10.8. The molecule has 4 nitrogen and oxygen atoms in total. The van der Waals surface area contributed by atoms with Crippen LogP contribution < -0.4 is 4.90 Å². The largest absolute Gasteiger partial charge is 0.308 e. The van der Waals surface area contributed by atoms with Gasteiger partial charge >= 0.3 is 0 Å². The van der Waals surface area contributed by atoms with Crippen LogP contribution in [-0.2, 0) is 9.59 Å². The highest BCUT2D eigenvalue weighted by atomic mass is 32.2. The van der Waals surface area contributed by atoms with Crippen LogP contribution >= 0.6 is 24.0 Å². The summed E-state index contributed by atoms with van der Waals surface area (Å²) in [6.45, 7) is 5.64. The molecule has 0 atom stereocenters. The van der Waals surface area contributed by atoms with Gasteiger partial charge in [0, 0.05) is 18.7 Å². The summed E-state index contributed by atoms with van der Waals surface area (Å²) in [7, 11) is 0. The molecule has 0 aromatic heterocycles. The second kappa shape index (κ2) is 10.4. The van der Waals surface area contributed by atoms with E-state index in [-0.39, 0.29) is 11.8 Å². The van der Waals surface area contributed by atoms with E-state index >= 15 is 0 Å². The van der Waals surface area contributed by atoms with Crippen LogP contribution in [0.25, 0.3) is 5.57 Å². The molecule has 6 heteroatoms. The number of benzene rings is 1. The third-order valence-corrected chi connectivity index (χ3v) is 6.92. The fourth-order valence-corrected chi connectivity index (χ4v) is 5.21. The van der Waals surface area contributed by atoms with Crippen molar-refractivity contribution in [1.29, 1.82) is 0 Å². The molecule has 1 aromatic carbocycles. The molecular weight excluding hydrogens is 400 g/mol. The molecule has 0 bridgehead atoms. The molecule has 0 radical (unpaired) electrons. The number of para-hydroxylation sites is 1. The molecule has 1 saturated heterocycles. The minimum absolute atomic E-state index is 0.0697. The Bertz CT molecular complexity index is 819. The van der Waals surface area contributed by atoms with Crippen molar-refractivity contribution in [1.82, 2.24) is 4.90 Å². The summed E-state index contributed by atoms with van der Waals surface area (Å²) in [5.74, 6) is -0.177. The van der Waals surface area contributed by atoms with Gasteiger partial charge in [-0.25, -0.2) is 0 Å². The van der Waals surface area contributed by atoms with Gasteiger partial charge in [0.05, 0.1) is 16.2 Å². The summed E-state index contributed by atoms with van der Waals surface area (Å²) in [6, 6.07) is 7.77. The number of hydrogen-bond acceptors (Lipinski definition) is 4. The number of carbonyl (C=O) groups excluding carboxylic acids is 2. The van der Waals surface area contributed by atoms with E-state index in [1.165, 1.54) is 37.4 Å². The van der Waals surface area contributed by atoms with Gasteiger partial charge in [-0.15, -0.1) is 0 Å². The lowest BCUT2D eigenvalue weighted by Crippen LogP contribution is -2.30. The van der Waals surface area contributed by atoms with E-state index in [1.54, 1.807) is 4.90 Å². The van der Waals surface area contributed by atoms with E-state index in [4.69, 9.17) is 12.2 Å². The Morgan fingerprint density at radius 1 is 0.828 bits per heavy atom. The molecule has 156 valence electrons. The van der Waals surface area contributed by atoms with Crippen molar-refractivity contribution in [2.45, 2.75) is 65.2 Å². The molecule has 0 N–H and O–H groups in total. The van der Waals surface area contributed by atoms with E-state index in [2.05, 4.69) is 13.8 Å². The predicted molar refractivity (Wildman–Crippen MR) is 126 cm³/mol. The average Bonchev–Trinajstić information content (AvgIpc) is 3.15. The first-order chi connectivity index (χ1) is 14.1. The number of thioether (sulfide) groups is 1. The summed E-state index contributed by atoms with van der Waals surface area (Å²) >= 11 is 6.78. The highest BCUT2D eigenvalue weighted by Crippen LogP contribution is 2.44. The van der Waals surface area contributed by atoms with Gasteiger partial charge in [0.15, 0.2) is 0 Å². The number of rotatable bonds is 10. The minimum atomic E-state index is -0.107.